The van der Waals surface area contributed by atoms with Crippen molar-refractivity contribution in [3.63, 3.8) is 0 Å². The van der Waals surface area contributed by atoms with Gasteiger partial charge in [-0.2, -0.15) is 0 Å². The van der Waals surface area contributed by atoms with E-state index in [1.54, 1.807) is 17.5 Å². The standard InChI is InChI=1S/C13H13Cl2N3OS/c1-7-11(20-6-17-7)5-18(2)13(19)8-3-9(14)12(15)10(16)4-8/h3-4,6H,5,16H2,1-2H3. The van der Waals surface area contributed by atoms with Crippen molar-refractivity contribution in [1.29, 1.82) is 0 Å². The number of aryl methyl sites for hydroxylation is 1. The third-order valence-electron chi connectivity index (χ3n) is 2.88. The van der Waals surface area contributed by atoms with Crippen molar-refractivity contribution in [2.24, 2.45) is 0 Å². The van der Waals surface area contributed by atoms with Crippen LogP contribution in [0.5, 0.6) is 0 Å². The van der Waals surface area contributed by atoms with Gasteiger partial charge in [0.2, 0.25) is 0 Å². The minimum atomic E-state index is -0.164. The molecule has 0 saturated heterocycles. The molecule has 0 bridgehead atoms. The molecule has 0 fully saturated rings. The Labute approximate surface area is 131 Å². The van der Waals surface area contributed by atoms with E-state index in [-0.39, 0.29) is 16.0 Å². The number of nitrogens with two attached hydrogens (primary N) is 1. The lowest BCUT2D eigenvalue weighted by Gasteiger charge is -2.17. The van der Waals surface area contributed by atoms with E-state index in [2.05, 4.69) is 4.98 Å². The predicted molar refractivity (Wildman–Crippen MR) is 83.5 cm³/mol. The molecule has 4 nitrogen and oxygen atoms in total. The molecule has 7 heteroatoms. The van der Waals surface area contributed by atoms with E-state index >= 15 is 0 Å². The van der Waals surface area contributed by atoms with Crippen LogP contribution in [0.1, 0.15) is 20.9 Å². The van der Waals surface area contributed by atoms with Gasteiger partial charge in [0.1, 0.15) is 0 Å². The number of nitrogen functional groups attached to an aromatic ring is 1. The van der Waals surface area contributed by atoms with Crippen molar-refractivity contribution in [1.82, 2.24) is 9.88 Å². The van der Waals surface area contributed by atoms with Gasteiger partial charge in [-0.25, -0.2) is 4.98 Å². The minimum absolute atomic E-state index is 0.164. The molecule has 0 aliphatic rings. The third-order valence-corrected chi connectivity index (χ3v) is 4.61. The molecular weight excluding hydrogens is 317 g/mol. The Hall–Kier alpha value is -1.30. The Kier molecular flexibility index (Phi) is 4.52. The first-order chi connectivity index (χ1) is 9.40. The van der Waals surface area contributed by atoms with Crippen molar-refractivity contribution < 1.29 is 4.79 Å². The van der Waals surface area contributed by atoms with Gasteiger partial charge in [0, 0.05) is 17.5 Å². The van der Waals surface area contributed by atoms with E-state index in [1.807, 2.05) is 6.92 Å². The van der Waals surface area contributed by atoms with E-state index in [0.29, 0.717) is 17.8 Å². The maximum Gasteiger partial charge on any atom is 0.254 e. The van der Waals surface area contributed by atoms with Crippen molar-refractivity contribution in [3.8, 4) is 0 Å². The maximum atomic E-state index is 12.4. The average molecular weight is 330 g/mol. The summed E-state index contributed by atoms with van der Waals surface area (Å²) in [6, 6.07) is 3.06. The molecule has 2 rings (SSSR count). The van der Waals surface area contributed by atoms with Crippen LogP contribution in [0.4, 0.5) is 5.69 Å². The smallest absolute Gasteiger partial charge is 0.254 e. The largest absolute Gasteiger partial charge is 0.397 e. The molecule has 0 saturated carbocycles. The summed E-state index contributed by atoms with van der Waals surface area (Å²) in [5.41, 5.74) is 9.14. The highest BCUT2D eigenvalue weighted by molar-refractivity contribution is 7.09. The van der Waals surface area contributed by atoms with Crippen LogP contribution in [-0.2, 0) is 6.54 Å². The Balaban J connectivity index is 2.21. The molecule has 1 aromatic carbocycles. The van der Waals surface area contributed by atoms with Crippen LogP contribution in [0.2, 0.25) is 10.0 Å². The highest BCUT2D eigenvalue weighted by Gasteiger charge is 2.16. The summed E-state index contributed by atoms with van der Waals surface area (Å²) in [6.07, 6.45) is 0. The van der Waals surface area contributed by atoms with Gasteiger partial charge in [-0.15, -0.1) is 11.3 Å². The lowest BCUT2D eigenvalue weighted by atomic mass is 10.1. The topological polar surface area (TPSA) is 59.2 Å². The molecule has 0 aliphatic carbocycles. The molecule has 2 N–H and O–H groups in total. The zero-order valence-corrected chi connectivity index (χ0v) is 13.3. The molecule has 0 aliphatic heterocycles. The van der Waals surface area contributed by atoms with Gasteiger partial charge in [-0.05, 0) is 19.1 Å². The van der Waals surface area contributed by atoms with Crippen molar-refractivity contribution in [2.75, 3.05) is 12.8 Å². The fourth-order valence-electron chi connectivity index (χ4n) is 1.72. The second-order valence-electron chi connectivity index (χ2n) is 4.38. The van der Waals surface area contributed by atoms with Gasteiger partial charge in [-0.3, -0.25) is 4.79 Å². The summed E-state index contributed by atoms with van der Waals surface area (Å²) in [5.74, 6) is -0.164. The second-order valence-corrected chi connectivity index (χ2v) is 6.11. The molecule has 1 aromatic heterocycles. The zero-order chi connectivity index (χ0) is 14.9. The number of carbonyl (C=O) groups is 1. The van der Waals surface area contributed by atoms with Crippen molar-refractivity contribution >= 4 is 46.1 Å². The number of anilines is 1. The number of aromatic nitrogens is 1. The van der Waals surface area contributed by atoms with Crippen LogP contribution in [0.3, 0.4) is 0 Å². The molecular formula is C13H13Cl2N3OS. The zero-order valence-electron chi connectivity index (χ0n) is 11.0. The fourth-order valence-corrected chi connectivity index (χ4v) is 2.88. The van der Waals surface area contributed by atoms with Crippen molar-refractivity contribution in [3.05, 3.63) is 43.8 Å². The number of hydrogen-bond donors (Lipinski definition) is 1. The fraction of sp³-hybridized carbons (Fsp3) is 0.231. The Bertz CT molecular complexity index is 634. The van der Waals surface area contributed by atoms with Crippen LogP contribution < -0.4 is 5.73 Å². The van der Waals surface area contributed by atoms with Gasteiger partial charge < -0.3 is 10.6 Å². The van der Waals surface area contributed by atoms with Gasteiger partial charge >= 0.3 is 0 Å². The van der Waals surface area contributed by atoms with Crippen LogP contribution in [0, 0.1) is 6.92 Å². The summed E-state index contributed by atoms with van der Waals surface area (Å²) >= 11 is 13.3. The molecule has 1 amide bonds. The van der Waals surface area contributed by atoms with Gasteiger partial charge in [-0.1, -0.05) is 23.2 Å². The third kappa shape index (κ3) is 3.06. The molecule has 20 heavy (non-hydrogen) atoms. The summed E-state index contributed by atoms with van der Waals surface area (Å²) in [5, 5.41) is 0.543. The number of halogens is 2. The first-order valence-corrected chi connectivity index (χ1v) is 7.42. The molecule has 0 radical (unpaired) electrons. The normalized spacial score (nSPS) is 10.6. The van der Waals surface area contributed by atoms with E-state index < -0.39 is 0 Å². The van der Waals surface area contributed by atoms with Crippen LogP contribution >= 0.6 is 34.5 Å². The molecule has 0 atom stereocenters. The van der Waals surface area contributed by atoms with Gasteiger partial charge in [0.05, 0.1) is 33.5 Å². The molecule has 0 unspecified atom stereocenters. The first kappa shape index (κ1) is 15.1. The molecule has 1 heterocycles. The number of amides is 1. The minimum Gasteiger partial charge on any atom is -0.397 e. The van der Waals surface area contributed by atoms with E-state index in [9.17, 15) is 4.79 Å². The summed E-state index contributed by atoms with van der Waals surface area (Å²) in [4.78, 5) is 19.2. The molecule has 2 aromatic rings. The van der Waals surface area contributed by atoms with E-state index in [0.717, 1.165) is 10.6 Å². The van der Waals surface area contributed by atoms with Gasteiger partial charge in [0.15, 0.2) is 0 Å². The summed E-state index contributed by atoms with van der Waals surface area (Å²) in [6.45, 7) is 2.41. The highest BCUT2D eigenvalue weighted by atomic mass is 35.5. The van der Waals surface area contributed by atoms with Crippen LogP contribution in [0.25, 0.3) is 0 Å². The highest BCUT2D eigenvalue weighted by Crippen LogP contribution is 2.30. The predicted octanol–water partition coefficient (Wildman–Crippen LogP) is 3.61. The lowest BCUT2D eigenvalue weighted by molar-refractivity contribution is 0.0786. The summed E-state index contributed by atoms with van der Waals surface area (Å²) in [7, 11) is 1.72. The monoisotopic (exact) mass is 329 g/mol. The molecule has 0 spiro atoms. The molecule has 106 valence electrons. The van der Waals surface area contributed by atoms with E-state index in [1.165, 1.54) is 23.5 Å². The van der Waals surface area contributed by atoms with Crippen LogP contribution in [0.15, 0.2) is 17.6 Å². The maximum absolute atomic E-state index is 12.4. The lowest BCUT2D eigenvalue weighted by Crippen LogP contribution is -2.26. The Morgan fingerprint density at radius 3 is 2.70 bits per heavy atom. The number of carbonyl (C=O) groups excluding carboxylic acids is 1. The average Bonchev–Trinajstić information content (AvgIpc) is 2.80. The van der Waals surface area contributed by atoms with Crippen LogP contribution in [-0.4, -0.2) is 22.8 Å². The van der Waals surface area contributed by atoms with Crippen molar-refractivity contribution in [2.45, 2.75) is 13.5 Å². The Morgan fingerprint density at radius 1 is 1.45 bits per heavy atom. The SMILES string of the molecule is Cc1ncsc1CN(C)C(=O)c1cc(N)c(Cl)c(Cl)c1. The first-order valence-electron chi connectivity index (χ1n) is 5.79. The van der Waals surface area contributed by atoms with E-state index in [4.69, 9.17) is 28.9 Å². The Morgan fingerprint density at radius 2 is 2.15 bits per heavy atom. The quantitative estimate of drug-likeness (QED) is 0.875. The number of thiazole rings is 1. The number of hydrogen-bond acceptors (Lipinski definition) is 4. The number of benzene rings is 1. The van der Waals surface area contributed by atoms with Gasteiger partial charge in [0.25, 0.3) is 5.91 Å². The summed E-state index contributed by atoms with van der Waals surface area (Å²) < 4.78 is 0. The number of rotatable bonds is 3. The number of nitrogens with zero attached hydrogens (tertiary/aromatic N) is 2. The second kappa shape index (κ2) is 5.99.